The molecule has 1 amide bonds. The van der Waals surface area contributed by atoms with E-state index in [4.69, 9.17) is 35.4 Å². The fourth-order valence-corrected chi connectivity index (χ4v) is 1.90. The fraction of sp³-hybridized carbons (Fsp3) is 0.800. The van der Waals surface area contributed by atoms with Gasteiger partial charge in [-0.15, -0.1) is 0 Å². The van der Waals surface area contributed by atoms with E-state index in [0.717, 1.165) is 27.2 Å². The maximum Gasteiger partial charge on any atom is 0.300 e. The number of unbranched alkanes of at least 4 members (excludes halogenated alkanes) is 8. The van der Waals surface area contributed by atoms with Crippen LogP contribution in [-0.4, -0.2) is 52.2 Å². The Hall–Kier alpha value is -2.24. The zero-order valence-electron chi connectivity index (χ0n) is 20.0. The molecule has 0 aromatic carbocycles. The number of carbonyl (C=O) groups is 4. The number of amides is 1. The number of hydrogen-bond acceptors (Lipinski definition) is 7. The topological polar surface area (TPSA) is 237 Å². The van der Waals surface area contributed by atoms with E-state index in [1.807, 2.05) is 0 Å². The fourth-order valence-electron chi connectivity index (χ4n) is 1.90. The Morgan fingerprint density at radius 2 is 0.968 bits per heavy atom. The summed E-state index contributed by atoms with van der Waals surface area (Å²) in [6, 6.07) is 0. The Balaban J connectivity index is -0.0000000923. The third kappa shape index (κ3) is 113. The monoisotopic (exact) mass is 456 g/mol. The average molecular weight is 457 g/mol. The van der Waals surface area contributed by atoms with Crippen LogP contribution in [0.4, 0.5) is 0 Å². The van der Waals surface area contributed by atoms with E-state index < -0.39 is 17.9 Å². The molecule has 0 atom stereocenters. The summed E-state index contributed by atoms with van der Waals surface area (Å²) < 4.78 is 0. The minimum atomic E-state index is -0.833. The molecule has 0 aromatic rings. The number of nitrogens with two attached hydrogens (primary N) is 1. The first-order valence-corrected chi connectivity index (χ1v) is 10.1. The van der Waals surface area contributed by atoms with Crippen molar-refractivity contribution < 1.29 is 34.5 Å². The SMILES string of the molecule is CC(=O)O.CC(=O)O.CC(=O)O.CCCCCCCCCCCC(=O)NCCN.N.N. The van der Waals surface area contributed by atoms with Crippen molar-refractivity contribution in [1.82, 2.24) is 17.6 Å². The molecule has 0 aliphatic rings. The van der Waals surface area contributed by atoms with Gasteiger partial charge in [0.15, 0.2) is 0 Å². The molecule has 12 N–H and O–H groups in total. The second kappa shape index (κ2) is 38.4. The predicted molar refractivity (Wildman–Crippen MR) is 124 cm³/mol. The highest BCUT2D eigenvalue weighted by atomic mass is 16.4. The van der Waals surface area contributed by atoms with Gasteiger partial charge in [-0.25, -0.2) is 0 Å². The van der Waals surface area contributed by atoms with Crippen molar-refractivity contribution >= 4 is 23.8 Å². The van der Waals surface area contributed by atoms with Gasteiger partial charge >= 0.3 is 0 Å². The summed E-state index contributed by atoms with van der Waals surface area (Å²) in [6.45, 7) is 6.63. The summed E-state index contributed by atoms with van der Waals surface area (Å²) >= 11 is 0. The molecule has 0 bridgehead atoms. The quantitative estimate of drug-likeness (QED) is 0.210. The number of carbonyl (C=O) groups excluding carboxylic acids is 1. The summed E-state index contributed by atoms with van der Waals surface area (Å²) in [6.07, 6.45) is 12.3. The van der Waals surface area contributed by atoms with Gasteiger partial charge in [0.05, 0.1) is 0 Å². The Morgan fingerprint density at radius 1 is 0.677 bits per heavy atom. The van der Waals surface area contributed by atoms with E-state index in [2.05, 4.69) is 12.2 Å². The number of nitrogens with one attached hydrogen (secondary N) is 1. The van der Waals surface area contributed by atoms with Crippen LogP contribution in [-0.2, 0) is 19.2 Å². The number of rotatable bonds is 12. The first-order chi connectivity index (χ1) is 13.5. The van der Waals surface area contributed by atoms with Gasteiger partial charge in [0.1, 0.15) is 0 Å². The van der Waals surface area contributed by atoms with E-state index >= 15 is 0 Å². The predicted octanol–water partition coefficient (Wildman–Crippen LogP) is 3.58. The molecule has 0 rings (SSSR count). The third-order valence-corrected chi connectivity index (χ3v) is 2.97. The zero-order valence-corrected chi connectivity index (χ0v) is 20.0. The highest BCUT2D eigenvalue weighted by Gasteiger charge is 1.99. The summed E-state index contributed by atoms with van der Waals surface area (Å²) in [5, 5.41) is 25.0. The van der Waals surface area contributed by atoms with Gasteiger partial charge < -0.3 is 38.7 Å². The maximum atomic E-state index is 11.2. The minimum absolute atomic E-state index is 0. The average Bonchev–Trinajstić information content (AvgIpc) is 2.57. The largest absolute Gasteiger partial charge is 0.481 e. The summed E-state index contributed by atoms with van der Waals surface area (Å²) in [7, 11) is 0. The van der Waals surface area contributed by atoms with E-state index in [9.17, 15) is 4.79 Å². The number of carboxylic acids is 3. The lowest BCUT2D eigenvalue weighted by molar-refractivity contribution is -0.135. The van der Waals surface area contributed by atoms with E-state index in [-0.39, 0.29) is 18.2 Å². The van der Waals surface area contributed by atoms with Gasteiger partial charge in [-0.05, 0) is 6.42 Å². The first kappa shape index (κ1) is 42.8. The van der Waals surface area contributed by atoms with Crippen LogP contribution in [0.1, 0.15) is 91.9 Å². The van der Waals surface area contributed by atoms with Crippen molar-refractivity contribution in [2.75, 3.05) is 13.1 Å². The highest BCUT2D eigenvalue weighted by Crippen LogP contribution is 2.10. The molecule has 0 radical (unpaired) electrons. The Bertz CT molecular complexity index is 368. The number of carboxylic acid groups (broad SMARTS) is 3. The molecule has 0 heterocycles. The van der Waals surface area contributed by atoms with Crippen molar-refractivity contribution in [3.05, 3.63) is 0 Å². The van der Waals surface area contributed by atoms with Crippen LogP contribution >= 0.6 is 0 Å². The molecule has 0 saturated heterocycles. The molecule has 0 spiro atoms. The molecular formula is C20H48N4O7. The zero-order chi connectivity index (χ0) is 23.5. The second-order valence-corrected chi connectivity index (χ2v) is 6.27. The number of hydrogen-bond donors (Lipinski definition) is 7. The standard InChI is InChI=1S/C14H30N2O.3C2H4O2.2H3N/c1-2-3-4-5-6-7-8-9-10-11-14(17)16-13-12-15;3*1-2(3)4;;/h2-13,15H2,1H3,(H,16,17);3*1H3,(H,3,4);2*1H3. The maximum absolute atomic E-state index is 11.2. The molecule has 0 aromatic heterocycles. The molecule has 0 aliphatic heterocycles. The van der Waals surface area contributed by atoms with Crippen LogP contribution < -0.4 is 23.4 Å². The molecule has 11 nitrogen and oxygen atoms in total. The van der Waals surface area contributed by atoms with E-state index in [1.165, 1.54) is 51.4 Å². The van der Waals surface area contributed by atoms with Crippen LogP contribution in [0.15, 0.2) is 0 Å². The van der Waals surface area contributed by atoms with Crippen molar-refractivity contribution in [1.29, 1.82) is 0 Å². The normalized spacial score (nSPS) is 8.16. The minimum Gasteiger partial charge on any atom is -0.481 e. The van der Waals surface area contributed by atoms with E-state index in [1.54, 1.807) is 0 Å². The molecule has 0 saturated carbocycles. The molecule has 31 heavy (non-hydrogen) atoms. The summed E-state index contributed by atoms with van der Waals surface area (Å²) in [5.74, 6) is -2.35. The van der Waals surface area contributed by atoms with Crippen LogP contribution in [0.5, 0.6) is 0 Å². The first-order valence-electron chi connectivity index (χ1n) is 10.1. The van der Waals surface area contributed by atoms with Gasteiger partial charge in [-0.3, -0.25) is 19.2 Å². The van der Waals surface area contributed by atoms with E-state index in [0.29, 0.717) is 19.5 Å². The Kier molecular flexibility index (Phi) is 53.0. The molecule has 0 aliphatic carbocycles. The van der Waals surface area contributed by atoms with Gasteiger partial charge in [0.2, 0.25) is 5.91 Å². The Labute approximate surface area is 187 Å². The second-order valence-electron chi connectivity index (χ2n) is 6.27. The molecule has 11 heteroatoms. The van der Waals surface area contributed by atoms with Crippen molar-refractivity contribution in [2.24, 2.45) is 5.73 Å². The Morgan fingerprint density at radius 3 is 1.26 bits per heavy atom. The molecule has 0 fully saturated rings. The third-order valence-electron chi connectivity index (χ3n) is 2.97. The van der Waals surface area contributed by atoms with Gasteiger partial charge in [0, 0.05) is 40.3 Å². The van der Waals surface area contributed by atoms with Crippen LogP contribution in [0, 0.1) is 0 Å². The molecule has 0 unspecified atom stereocenters. The van der Waals surface area contributed by atoms with Gasteiger partial charge in [-0.2, -0.15) is 0 Å². The summed E-state index contributed by atoms with van der Waals surface area (Å²) in [4.78, 5) is 38.2. The summed E-state index contributed by atoms with van der Waals surface area (Å²) in [5.41, 5.74) is 5.31. The van der Waals surface area contributed by atoms with Crippen molar-refractivity contribution in [3.8, 4) is 0 Å². The smallest absolute Gasteiger partial charge is 0.300 e. The molecule has 190 valence electrons. The highest BCUT2D eigenvalue weighted by molar-refractivity contribution is 5.75. The van der Waals surface area contributed by atoms with Crippen molar-refractivity contribution in [3.63, 3.8) is 0 Å². The van der Waals surface area contributed by atoms with Crippen LogP contribution in [0.3, 0.4) is 0 Å². The number of aliphatic carboxylic acids is 3. The lowest BCUT2D eigenvalue weighted by Crippen LogP contribution is -2.28. The van der Waals surface area contributed by atoms with Gasteiger partial charge in [0.25, 0.3) is 17.9 Å². The van der Waals surface area contributed by atoms with Crippen molar-refractivity contribution in [2.45, 2.75) is 91.9 Å². The van der Waals surface area contributed by atoms with Crippen LogP contribution in [0.2, 0.25) is 0 Å². The van der Waals surface area contributed by atoms with Crippen LogP contribution in [0.25, 0.3) is 0 Å². The molecular weight excluding hydrogens is 408 g/mol. The van der Waals surface area contributed by atoms with Gasteiger partial charge in [-0.1, -0.05) is 58.3 Å². The lowest BCUT2D eigenvalue weighted by Gasteiger charge is -2.03. The lowest BCUT2D eigenvalue weighted by atomic mass is 10.1.